The van der Waals surface area contributed by atoms with Crippen LogP contribution in [0, 0.1) is 12.3 Å². The first kappa shape index (κ1) is 12.4. The van der Waals surface area contributed by atoms with Crippen LogP contribution in [-0.4, -0.2) is 33.7 Å². The summed E-state index contributed by atoms with van der Waals surface area (Å²) in [6, 6.07) is 0.511. The highest BCUT2D eigenvalue weighted by atomic mass is 16.2. The molecule has 2 saturated carbocycles. The van der Waals surface area contributed by atoms with Crippen LogP contribution in [0.2, 0.25) is 0 Å². The summed E-state index contributed by atoms with van der Waals surface area (Å²) in [5, 5.41) is 4.52. The van der Waals surface area contributed by atoms with Crippen molar-refractivity contribution in [3.8, 4) is 0 Å². The number of rotatable bonds is 2. The number of hydrogen-bond donors (Lipinski definition) is 0. The summed E-state index contributed by atoms with van der Waals surface area (Å²) < 4.78 is 2.11. The van der Waals surface area contributed by atoms with Crippen LogP contribution in [-0.2, 0) is 0 Å². The Morgan fingerprint density at radius 3 is 2.60 bits per heavy atom. The fraction of sp³-hybridized carbons (Fsp3) is 0.750. The first-order chi connectivity index (χ1) is 9.69. The van der Waals surface area contributed by atoms with Gasteiger partial charge in [0.05, 0.1) is 17.8 Å². The molecule has 0 atom stereocenters. The lowest BCUT2D eigenvalue weighted by Crippen LogP contribution is -2.51. The lowest BCUT2D eigenvalue weighted by Gasteiger charge is -2.39. The molecule has 3 fully saturated rings. The lowest BCUT2D eigenvalue weighted by atomic mass is 9.95. The maximum atomic E-state index is 12.5. The predicted octanol–water partition coefficient (Wildman–Crippen LogP) is 2.93. The number of carbonyl (C=O) groups excluding carboxylic acids is 1. The van der Waals surface area contributed by atoms with Gasteiger partial charge in [-0.05, 0) is 32.6 Å². The average molecular weight is 273 g/mol. The molecule has 4 rings (SSSR count). The van der Waals surface area contributed by atoms with Crippen molar-refractivity contribution in [2.24, 2.45) is 5.41 Å². The highest BCUT2D eigenvalue weighted by Crippen LogP contribution is 2.53. The second-order valence-corrected chi connectivity index (χ2v) is 7.04. The predicted molar refractivity (Wildman–Crippen MR) is 76.7 cm³/mol. The highest BCUT2D eigenvalue weighted by Gasteiger charge is 2.54. The van der Waals surface area contributed by atoms with Gasteiger partial charge >= 0.3 is 0 Å². The van der Waals surface area contributed by atoms with Crippen molar-refractivity contribution in [2.75, 3.05) is 13.1 Å². The molecule has 1 amide bonds. The summed E-state index contributed by atoms with van der Waals surface area (Å²) in [6.07, 6.45) is 10.8. The zero-order valence-corrected chi connectivity index (χ0v) is 12.3. The Kier molecular flexibility index (Phi) is 2.69. The van der Waals surface area contributed by atoms with Gasteiger partial charge in [0.2, 0.25) is 0 Å². The van der Waals surface area contributed by atoms with E-state index in [4.69, 9.17) is 0 Å². The molecule has 1 aliphatic heterocycles. The Hall–Kier alpha value is -1.32. The summed E-state index contributed by atoms with van der Waals surface area (Å²) in [5.74, 6) is 0.196. The van der Waals surface area contributed by atoms with E-state index < -0.39 is 0 Å². The summed E-state index contributed by atoms with van der Waals surface area (Å²) in [6.45, 7) is 4.00. The third kappa shape index (κ3) is 1.88. The van der Waals surface area contributed by atoms with Crippen molar-refractivity contribution < 1.29 is 4.79 Å². The van der Waals surface area contributed by atoms with Crippen molar-refractivity contribution >= 4 is 5.91 Å². The third-order valence-electron chi connectivity index (χ3n) is 5.49. The van der Waals surface area contributed by atoms with Gasteiger partial charge in [-0.25, -0.2) is 0 Å². The number of aromatic nitrogens is 2. The van der Waals surface area contributed by atoms with Crippen molar-refractivity contribution in [3.05, 3.63) is 17.5 Å². The van der Waals surface area contributed by atoms with E-state index in [9.17, 15) is 4.79 Å². The normalized spacial score (nSPS) is 24.8. The molecular weight excluding hydrogens is 250 g/mol. The van der Waals surface area contributed by atoms with Crippen LogP contribution in [0.3, 0.4) is 0 Å². The molecule has 4 nitrogen and oxygen atoms in total. The van der Waals surface area contributed by atoms with E-state index in [1.54, 1.807) is 6.20 Å². The second kappa shape index (κ2) is 4.34. The molecule has 0 radical (unpaired) electrons. The van der Waals surface area contributed by atoms with Gasteiger partial charge in [0, 0.05) is 24.2 Å². The van der Waals surface area contributed by atoms with Gasteiger partial charge in [-0.3, -0.25) is 9.48 Å². The summed E-state index contributed by atoms with van der Waals surface area (Å²) >= 11 is 0. The molecule has 1 aromatic rings. The molecule has 0 N–H and O–H groups in total. The lowest BCUT2D eigenvalue weighted by molar-refractivity contribution is 0.0442. The van der Waals surface area contributed by atoms with Gasteiger partial charge in [0.1, 0.15) is 0 Å². The summed E-state index contributed by atoms with van der Waals surface area (Å²) in [7, 11) is 0. The van der Waals surface area contributed by atoms with E-state index >= 15 is 0 Å². The molecule has 3 aliphatic rings. The Balaban J connectivity index is 1.50. The molecule has 0 unspecified atom stereocenters. The molecule has 0 aromatic carbocycles. The first-order valence-corrected chi connectivity index (χ1v) is 8.02. The van der Waals surface area contributed by atoms with E-state index in [1.165, 1.54) is 44.9 Å². The monoisotopic (exact) mass is 273 g/mol. The number of nitrogens with zero attached hydrogens (tertiary/aromatic N) is 3. The number of likely N-dealkylation sites (tertiary alicyclic amines) is 1. The first-order valence-electron chi connectivity index (χ1n) is 8.02. The minimum Gasteiger partial charge on any atom is -0.337 e. The van der Waals surface area contributed by atoms with Crippen molar-refractivity contribution in [1.29, 1.82) is 0 Å². The van der Waals surface area contributed by atoms with Crippen LogP contribution in [0.4, 0.5) is 0 Å². The largest absolute Gasteiger partial charge is 0.337 e. The minimum absolute atomic E-state index is 0.196. The van der Waals surface area contributed by atoms with Crippen LogP contribution in [0.1, 0.15) is 67.0 Å². The van der Waals surface area contributed by atoms with Crippen LogP contribution in [0.5, 0.6) is 0 Å². The van der Waals surface area contributed by atoms with Gasteiger partial charge < -0.3 is 4.90 Å². The van der Waals surface area contributed by atoms with E-state index in [1.807, 2.05) is 4.90 Å². The SMILES string of the molecule is Cc1c(C(=O)N2CC3(CC3)C2)cnn1C1CCCCC1. The quantitative estimate of drug-likeness (QED) is 0.831. The molecule has 4 heteroatoms. The summed E-state index contributed by atoms with van der Waals surface area (Å²) in [5.41, 5.74) is 2.42. The number of carbonyl (C=O) groups is 1. The van der Waals surface area contributed by atoms with Gasteiger partial charge in [-0.1, -0.05) is 19.3 Å². The molecule has 1 saturated heterocycles. The number of hydrogen-bond acceptors (Lipinski definition) is 2. The fourth-order valence-corrected chi connectivity index (χ4v) is 3.90. The third-order valence-corrected chi connectivity index (χ3v) is 5.49. The molecule has 1 spiro atoms. The van der Waals surface area contributed by atoms with Crippen LogP contribution >= 0.6 is 0 Å². The molecule has 0 bridgehead atoms. The van der Waals surface area contributed by atoms with Gasteiger partial charge in [-0.2, -0.15) is 5.10 Å². The molecular formula is C16H23N3O. The molecule has 20 heavy (non-hydrogen) atoms. The van der Waals surface area contributed by atoms with Gasteiger partial charge in [0.15, 0.2) is 0 Å². The molecule has 108 valence electrons. The molecule has 2 aliphatic carbocycles. The van der Waals surface area contributed by atoms with Crippen molar-refractivity contribution in [2.45, 2.75) is 57.9 Å². The second-order valence-electron chi connectivity index (χ2n) is 7.04. The summed E-state index contributed by atoms with van der Waals surface area (Å²) in [4.78, 5) is 14.5. The highest BCUT2D eigenvalue weighted by molar-refractivity contribution is 5.95. The van der Waals surface area contributed by atoms with Crippen LogP contribution in [0.15, 0.2) is 6.20 Å². The molecule has 2 heterocycles. The van der Waals surface area contributed by atoms with E-state index in [0.29, 0.717) is 11.5 Å². The maximum Gasteiger partial charge on any atom is 0.257 e. The Bertz CT molecular complexity index is 530. The van der Waals surface area contributed by atoms with E-state index in [-0.39, 0.29) is 5.91 Å². The zero-order valence-electron chi connectivity index (χ0n) is 12.3. The van der Waals surface area contributed by atoms with Crippen molar-refractivity contribution in [3.63, 3.8) is 0 Å². The average Bonchev–Trinajstić information content (AvgIpc) is 3.15. The smallest absolute Gasteiger partial charge is 0.257 e. The van der Waals surface area contributed by atoms with E-state index in [2.05, 4.69) is 16.7 Å². The van der Waals surface area contributed by atoms with Crippen molar-refractivity contribution in [1.82, 2.24) is 14.7 Å². The Labute approximate surface area is 120 Å². The molecule has 1 aromatic heterocycles. The van der Waals surface area contributed by atoms with Crippen LogP contribution < -0.4 is 0 Å². The van der Waals surface area contributed by atoms with Gasteiger partial charge in [-0.15, -0.1) is 0 Å². The van der Waals surface area contributed by atoms with E-state index in [0.717, 1.165) is 24.3 Å². The Morgan fingerprint density at radius 2 is 1.95 bits per heavy atom. The minimum atomic E-state index is 0.196. The topological polar surface area (TPSA) is 38.1 Å². The van der Waals surface area contributed by atoms with Gasteiger partial charge in [0.25, 0.3) is 5.91 Å². The van der Waals surface area contributed by atoms with Crippen LogP contribution in [0.25, 0.3) is 0 Å². The number of amides is 1. The maximum absolute atomic E-state index is 12.5. The standard InChI is InChI=1S/C16H23N3O/c1-12-14(15(20)18-10-16(11-18)7-8-16)9-17-19(12)13-5-3-2-4-6-13/h9,13H,2-8,10-11H2,1H3. The fourth-order valence-electron chi connectivity index (χ4n) is 3.90. The Morgan fingerprint density at radius 1 is 1.25 bits per heavy atom. The zero-order chi connectivity index (χ0) is 13.7.